The molecule has 0 amide bonds. The highest BCUT2D eigenvalue weighted by atomic mass is 14.9. The van der Waals surface area contributed by atoms with E-state index in [0.29, 0.717) is 11.5 Å². The third kappa shape index (κ3) is 2.10. The zero-order valence-corrected chi connectivity index (χ0v) is 8.94. The van der Waals surface area contributed by atoms with Crippen LogP contribution in [-0.2, 0) is 0 Å². The predicted octanol–water partition coefficient (Wildman–Crippen LogP) is 2.59. The number of likely N-dealkylation sites (N-methyl/N-ethyl adjacent to an activating group) is 1. The Balaban J connectivity index is 2.54. The maximum absolute atomic E-state index is 3.37. The highest BCUT2D eigenvalue weighted by molar-refractivity contribution is 5.11. The molecule has 1 N–H and O–H groups in total. The van der Waals surface area contributed by atoms with E-state index < -0.39 is 0 Å². The molecule has 1 heteroatoms. The van der Waals surface area contributed by atoms with E-state index >= 15 is 0 Å². The van der Waals surface area contributed by atoms with Crippen molar-refractivity contribution in [2.75, 3.05) is 7.05 Å². The van der Waals surface area contributed by atoms with Gasteiger partial charge in [0.25, 0.3) is 0 Å². The quantitative estimate of drug-likeness (QED) is 0.637. The molecule has 1 aliphatic carbocycles. The molecular weight excluding hydrogens is 146 g/mol. The van der Waals surface area contributed by atoms with Gasteiger partial charge in [-0.25, -0.2) is 0 Å². The number of allylic oxidation sites excluding steroid dienone is 1. The third-order valence-corrected chi connectivity index (χ3v) is 2.87. The molecule has 0 radical (unpaired) electrons. The van der Waals surface area contributed by atoms with Crippen molar-refractivity contribution in [1.29, 1.82) is 0 Å². The first-order valence-corrected chi connectivity index (χ1v) is 4.79. The van der Waals surface area contributed by atoms with Crippen molar-refractivity contribution in [2.45, 2.75) is 40.2 Å². The van der Waals surface area contributed by atoms with Crippen molar-refractivity contribution < 1.29 is 0 Å². The summed E-state index contributed by atoms with van der Waals surface area (Å²) in [6, 6.07) is 0.588. The molecule has 12 heavy (non-hydrogen) atoms. The van der Waals surface area contributed by atoms with Crippen LogP contribution in [0.25, 0.3) is 0 Å². The maximum atomic E-state index is 3.37. The molecule has 0 spiro atoms. The van der Waals surface area contributed by atoms with Gasteiger partial charge >= 0.3 is 0 Å². The van der Waals surface area contributed by atoms with Crippen LogP contribution in [0.2, 0.25) is 0 Å². The Morgan fingerprint density at radius 3 is 2.25 bits per heavy atom. The Labute approximate surface area is 76.2 Å². The minimum absolute atomic E-state index is 0.569. The molecule has 2 atom stereocenters. The second-order valence-electron chi connectivity index (χ2n) is 4.86. The number of nitrogens with one attached hydrogen (secondary N) is 1. The van der Waals surface area contributed by atoms with Gasteiger partial charge in [0.1, 0.15) is 0 Å². The lowest BCUT2D eigenvalue weighted by Gasteiger charge is -2.14. The maximum Gasteiger partial charge on any atom is 0.0283 e. The summed E-state index contributed by atoms with van der Waals surface area (Å²) in [5.41, 5.74) is 1.98. The van der Waals surface area contributed by atoms with E-state index in [1.54, 1.807) is 0 Å². The second-order valence-corrected chi connectivity index (χ2v) is 4.86. The largest absolute Gasteiger partial charge is 0.313 e. The van der Waals surface area contributed by atoms with Crippen LogP contribution in [0.1, 0.15) is 34.1 Å². The highest BCUT2D eigenvalue weighted by Gasteiger charge is 2.48. The average Bonchev–Trinajstić information content (AvgIpc) is 2.54. The van der Waals surface area contributed by atoms with Crippen molar-refractivity contribution in [2.24, 2.45) is 11.3 Å². The lowest BCUT2D eigenvalue weighted by atomic mass is 10.0. The third-order valence-electron chi connectivity index (χ3n) is 2.87. The van der Waals surface area contributed by atoms with Crippen LogP contribution in [-0.4, -0.2) is 13.1 Å². The van der Waals surface area contributed by atoms with E-state index in [-0.39, 0.29) is 0 Å². The molecule has 1 aliphatic rings. The predicted molar refractivity (Wildman–Crippen MR) is 54.2 cm³/mol. The molecule has 0 aliphatic heterocycles. The Morgan fingerprint density at radius 1 is 1.50 bits per heavy atom. The first-order chi connectivity index (χ1) is 5.47. The van der Waals surface area contributed by atoms with Crippen LogP contribution >= 0.6 is 0 Å². The summed E-state index contributed by atoms with van der Waals surface area (Å²) in [7, 11) is 2.05. The van der Waals surface area contributed by atoms with Crippen LogP contribution in [0.15, 0.2) is 11.6 Å². The Hall–Kier alpha value is -0.300. The fourth-order valence-electron chi connectivity index (χ4n) is 1.88. The summed E-state index contributed by atoms with van der Waals surface area (Å²) in [6.07, 6.45) is 3.71. The fourth-order valence-corrected chi connectivity index (χ4v) is 1.88. The van der Waals surface area contributed by atoms with Crippen molar-refractivity contribution in [3.8, 4) is 0 Å². The zero-order chi connectivity index (χ0) is 9.35. The summed E-state index contributed by atoms with van der Waals surface area (Å²) < 4.78 is 0. The monoisotopic (exact) mass is 167 g/mol. The molecule has 1 nitrogen and oxygen atoms in total. The van der Waals surface area contributed by atoms with Crippen LogP contribution in [0.4, 0.5) is 0 Å². The van der Waals surface area contributed by atoms with Gasteiger partial charge in [0.2, 0.25) is 0 Å². The average molecular weight is 167 g/mol. The molecule has 0 aromatic heterocycles. The molecule has 0 heterocycles. The minimum atomic E-state index is 0.569. The Morgan fingerprint density at radius 2 is 2.00 bits per heavy atom. The standard InChI is InChI=1S/C11H21N/c1-8(2)6-10(12-5)9-7-11(9,3)4/h6,9-10,12H,7H2,1-5H3. The lowest BCUT2D eigenvalue weighted by molar-refractivity contribution is 0.481. The summed E-state index contributed by atoms with van der Waals surface area (Å²) in [6.45, 7) is 9.03. The Bertz CT molecular complexity index is 187. The molecule has 70 valence electrons. The first kappa shape index (κ1) is 9.79. The number of hydrogen-bond donors (Lipinski definition) is 1. The SMILES string of the molecule is CNC(C=C(C)C)C1CC1(C)C. The van der Waals surface area contributed by atoms with E-state index in [2.05, 4.69) is 46.1 Å². The smallest absolute Gasteiger partial charge is 0.0283 e. The first-order valence-electron chi connectivity index (χ1n) is 4.79. The van der Waals surface area contributed by atoms with E-state index in [0.717, 1.165) is 5.92 Å². The van der Waals surface area contributed by atoms with Gasteiger partial charge in [0, 0.05) is 6.04 Å². The van der Waals surface area contributed by atoms with Gasteiger partial charge in [0.15, 0.2) is 0 Å². The van der Waals surface area contributed by atoms with Crippen LogP contribution in [0, 0.1) is 11.3 Å². The van der Waals surface area contributed by atoms with E-state index in [4.69, 9.17) is 0 Å². The van der Waals surface area contributed by atoms with E-state index in [1.165, 1.54) is 12.0 Å². The molecule has 2 unspecified atom stereocenters. The van der Waals surface area contributed by atoms with Gasteiger partial charge in [0.05, 0.1) is 0 Å². The molecular formula is C11H21N. The molecule has 0 saturated heterocycles. The van der Waals surface area contributed by atoms with Crippen molar-refractivity contribution >= 4 is 0 Å². The topological polar surface area (TPSA) is 12.0 Å². The lowest BCUT2D eigenvalue weighted by Crippen LogP contribution is -2.27. The second kappa shape index (κ2) is 3.21. The van der Waals surface area contributed by atoms with Crippen molar-refractivity contribution in [3.63, 3.8) is 0 Å². The van der Waals surface area contributed by atoms with E-state index in [1.807, 2.05) is 0 Å². The molecule has 0 aromatic carbocycles. The van der Waals surface area contributed by atoms with Crippen molar-refractivity contribution in [1.82, 2.24) is 5.32 Å². The summed E-state index contributed by atoms with van der Waals surface area (Å²) in [4.78, 5) is 0. The zero-order valence-electron chi connectivity index (χ0n) is 8.94. The van der Waals surface area contributed by atoms with Crippen molar-refractivity contribution in [3.05, 3.63) is 11.6 Å². The molecule has 0 bridgehead atoms. The molecule has 1 saturated carbocycles. The molecule has 0 aromatic rings. The van der Waals surface area contributed by atoms with Crippen LogP contribution in [0.3, 0.4) is 0 Å². The van der Waals surface area contributed by atoms with Crippen LogP contribution in [0.5, 0.6) is 0 Å². The number of rotatable bonds is 3. The van der Waals surface area contributed by atoms with Gasteiger partial charge in [-0.3, -0.25) is 0 Å². The summed E-state index contributed by atoms with van der Waals surface area (Å²) >= 11 is 0. The van der Waals surface area contributed by atoms with Gasteiger partial charge < -0.3 is 5.32 Å². The molecule has 1 fully saturated rings. The summed E-state index contributed by atoms with van der Waals surface area (Å²) in [5, 5.41) is 3.37. The summed E-state index contributed by atoms with van der Waals surface area (Å²) in [5.74, 6) is 0.845. The molecule has 1 rings (SSSR count). The fraction of sp³-hybridized carbons (Fsp3) is 0.818. The highest BCUT2D eigenvalue weighted by Crippen LogP contribution is 2.53. The Kier molecular flexibility index (Phi) is 2.62. The van der Waals surface area contributed by atoms with E-state index in [9.17, 15) is 0 Å². The van der Waals surface area contributed by atoms with Gasteiger partial charge in [-0.2, -0.15) is 0 Å². The van der Waals surface area contributed by atoms with Crippen LogP contribution < -0.4 is 5.32 Å². The van der Waals surface area contributed by atoms with Gasteiger partial charge in [-0.15, -0.1) is 0 Å². The van der Waals surface area contributed by atoms with Gasteiger partial charge in [-0.1, -0.05) is 25.5 Å². The minimum Gasteiger partial charge on any atom is -0.313 e. The van der Waals surface area contributed by atoms with Gasteiger partial charge in [-0.05, 0) is 38.6 Å². The number of hydrogen-bond acceptors (Lipinski definition) is 1. The normalized spacial score (nSPS) is 27.9.